The first kappa shape index (κ1) is 18.7. The molecule has 0 unspecified atom stereocenters. The van der Waals surface area contributed by atoms with Gasteiger partial charge in [0.05, 0.1) is 13.7 Å². The van der Waals surface area contributed by atoms with Crippen molar-refractivity contribution in [2.75, 3.05) is 32.1 Å². The number of pyridine rings is 1. The highest BCUT2D eigenvalue weighted by molar-refractivity contribution is 5.92. The average Bonchev–Trinajstić information content (AvgIpc) is 2.71. The smallest absolute Gasteiger partial charge is 0.237 e. The normalized spacial score (nSPS) is 23.0. The van der Waals surface area contributed by atoms with E-state index in [-0.39, 0.29) is 5.91 Å². The first-order valence-electron chi connectivity index (χ1n) is 9.95. The first-order chi connectivity index (χ1) is 13.7. The zero-order valence-corrected chi connectivity index (χ0v) is 16.3. The van der Waals surface area contributed by atoms with Gasteiger partial charge in [0.25, 0.3) is 0 Å². The van der Waals surface area contributed by atoms with Crippen molar-refractivity contribution in [3.63, 3.8) is 0 Å². The van der Waals surface area contributed by atoms with Crippen molar-refractivity contribution >= 4 is 11.6 Å². The Balaban J connectivity index is 1.45. The quantitative estimate of drug-likeness (QED) is 0.883. The van der Waals surface area contributed by atoms with E-state index >= 15 is 0 Å². The number of methoxy groups -OCH3 is 1. The lowest BCUT2D eigenvalue weighted by atomic mass is 9.81. The number of aromatic nitrogens is 1. The van der Waals surface area contributed by atoms with Gasteiger partial charge in [-0.05, 0) is 49.4 Å². The zero-order chi connectivity index (χ0) is 19.3. The molecule has 0 saturated carbocycles. The van der Waals surface area contributed by atoms with Gasteiger partial charge in [-0.1, -0.05) is 18.2 Å². The summed E-state index contributed by atoms with van der Waals surface area (Å²) in [5.74, 6) is 2.31. The summed E-state index contributed by atoms with van der Waals surface area (Å²) in [4.78, 5) is 19.3. The van der Waals surface area contributed by atoms with Gasteiger partial charge in [0.1, 0.15) is 11.4 Å². The summed E-state index contributed by atoms with van der Waals surface area (Å²) in [6, 6.07) is 11.8. The molecule has 1 N–H and O–H groups in total. The number of amides is 1. The van der Waals surface area contributed by atoms with Crippen LogP contribution in [0.4, 0.5) is 5.69 Å². The van der Waals surface area contributed by atoms with Gasteiger partial charge in [0.2, 0.25) is 11.8 Å². The number of likely N-dealkylation sites (tertiary alicyclic amines) is 1. The maximum Gasteiger partial charge on any atom is 0.237 e. The molecule has 0 spiro atoms. The number of carbonyl (C=O) groups is 1. The Labute approximate surface area is 165 Å². The second-order valence-electron chi connectivity index (χ2n) is 7.60. The summed E-state index contributed by atoms with van der Waals surface area (Å²) < 4.78 is 11.4. The standard InChI is InChI=1S/C22H27N3O3/c1-27-20-7-3-2-5-18(20)15-25-11-8-16-13-21(26)24-19-6-4-10-23-22(19)28-12-9-17(16)14-25/h2-7,10,16-17H,8-9,11-15H2,1H3,(H,24,26)/t16-,17-/m0/s1. The Morgan fingerprint density at radius 1 is 1.21 bits per heavy atom. The molecule has 0 aliphatic carbocycles. The second-order valence-corrected chi connectivity index (χ2v) is 7.60. The molecule has 1 aromatic carbocycles. The molecule has 1 amide bonds. The molecule has 2 atom stereocenters. The van der Waals surface area contributed by atoms with E-state index in [9.17, 15) is 4.79 Å². The third-order valence-corrected chi connectivity index (χ3v) is 5.78. The number of piperidine rings is 1. The molecule has 1 saturated heterocycles. The van der Waals surface area contributed by atoms with Crippen LogP contribution in [0.15, 0.2) is 42.6 Å². The lowest BCUT2D eigenvalue weighted by Gasteiger charge is -2.39. The highest BCUT2D eigenvalue weighted by Crippen LogP contribution is 2.33. The Morgan fingerprint density at radius 3 is 3.00 bits per heavy atom. The average molecular weight is 381 g/mol. The van der Waals surface area contributed by atoms with Crippen molar-refractivity contribution in [1.29, 1.82) is 0 Å². The Kier molecular flexibility index (Phi) is 5.76. The van der Waals surface area contributed by atoms with E-state index in [4.69, 9.17) is 9.47 Å². The van der Waals surface area contributed by atoms with E-state index in [1.165, 1.54) is 5.56 Å². The summed E-state index contributed by atoms with van der Waals surface area (Å²) in [6.07, 6.45) is 4.19. The van der Waals surface area contributed by atoms with E-state index in [0.29, 0.717) is 36.4 Å². The lowest BCUT2D eigenvalue weighted by molar-refractivity contribution is -0.118. The Morgan fingerprint density at radius 2 is 2.11 bits per heavy atom. The van der Waals surface area contributed by atoms with Crippen LogP contribution in [-0.2, 0) is 11.3 Å². The minimum atomic E-state index is 0.0490. The number of nitrogens with zero attached hydrogens (tertiary/aromatic N) is 2. The van der Waals surface area contributed by atoms with Crippen molar-refractivity contribution in [2.45, 2.75) is 25.8 Å². The van der Waals surface area contributed by atoms with Gasteiger partial charge >= 0.3 is 0 Å². The number of carbonyl (C=O) groups excluding carboxylic acids is 1. The van der Waals surface area contributed by atoms with Crippen LogP contribution in [0.1, 0.15) is 24.8 Å². The van der Waals surface area contributed by atoms with Crippen LogP contribution >= 0.6 is 0 Å². The number of benzene rings is 1. The molecule has 28 heavy (non-hydrogen) atoms. The maximum atomic E-state index is 12.5. The van der Waals surface area contributed by atoms with E-state index < -0.39 is 0 Å². The molecule has 0 radical (unpaired) electrons. The molecular formula is C22H27N3O3. The predicted molar refractivity (Wildman–Crippen MR) is 107 cm³/mol. The summed E-state index contributed by atoms with van der Waals surface area (Å²) in [5.41, 5.74) is 1.87. The van der Waals surface area contributed by atoms with Gasteiger partial charge in [0, 0.05) is 31.3 Å². The van der Waals surface area contributed by atoms with Crippen molar-refractivity contribution in [1.82, 2.24) is 9.88 Å². The van der Waals surface area contributed by atoms with Crippen molar-refractivity contribution in [3.8, 4) is 11.6 Å². The largest absolute Gasteiger partial charge is 0.496 e. The second kappa shape index (κ2) is 8.61. The fraction of sp³-hybridized carbons (Fsp3) is 0.455. The summed E-state index contributed by atoms with van der Waals surface area (Å²) in [6.45, 7) is 3.44. The van der Waals surface area contributed by atoms with Crippen molar-refractivity contribution in [2.24, 2.45) is 11.8 Å². The molecule has 6 heteroatoms. The predicted octanol–water partition coefficient (Wildman–Crippen LogP) is 3.34. The summed E-state index contributed by atoms with van der Waals surface area (Å²) in [5, 5.41) is 2.97. The van der Waals surface area contributed by atoms with Crippen LogP contribution in [0.2, 0.25) is 0 Å². The number of hydrogen-bond acceptors (Lipinski definition) is 5. The molecule has 2 aromatic rings. The third kappa shape index (κ3) is 4.28. The van der Waals surface area contributed by atoms with Crippen LogP contribution in [0.3, 0.4) is 0 Å². The minimum Gasteiger partial charge on any atom is -0.496 e. The van der Waals surface area contributed by atoms with Crippen LogP contribution in [0.25, 0.3) is 0 Å². The minimum absolute atomic E-state index is 0.0490. The number of nitrogens with one attached hydrogen (secondary N) is 1. The summed E-state index contributed by atoms with van der Waals surface area (Å²) >= 11 is 0. The monoisotopic (exact) mass is 381 g/mol. The molecule has 2 aliphatic heterocycles. The van der Waals surface area contributed by atoms with Gasteiger partial charge in [-0.15, -0.1) is 0 Å². The Hall–Kier alpha value is -2.60. The highest BCUT2D eigenvalue weighted by Gasteiger charge is 2.32. The Bertz CT molecular complexity index is 826. The topological polar surface area (TPSA) is 63.7 Å². The molecule has 1 aromatic heterocycles. The molecule has 3 heterocycles. The number of ether oxygens (including phenoxy) is 2. The van der Waals surface area contributed by atoms with Gasteiger partial charge in [-0.25, -0.2) is 4.98 Å². The van der Waals surface area contributed by atoms with Gasteiger partial charge in [-0.3, -0.25) is 9.69 Å². The number of fused-ring (bicyclic) bond motifs is 2. The van der Waals surface area contributed by atoms with Gasteiger partial charge in [-0.2, -0.15) is 0 Å². The molecule has 2 aliphatic rings. The zero-order valence-electron chi connectivity index (χ0n) is 16.3. The lowest BCUT2D eigenvalue weighted by Crippen LogP contribution is -2.42. The van der Waals surface area contributed by atoms with E-state index in [1.807, 2.05) is 24.3 Å². The van der Waals surface area contributed by atoms with Crippen LogP contribution in [0.5, 0.6) is 11.6 Å². The fourth-order valence-corrected chi connectivity index (χ4v) is 4.32. The fourth-order valence-electron chi connectivity index (χ4n) is 4.32. The molecule has 1 fully saturated rings. The van der Waals surface area contributed by atoms with E-state index in [0.717, 1.165) is 38.2 Å². The van der Waals surface area contributed by atoms with E-state index in [2.05, 4.69) is 27.3 Å². The molecule has 6 nitrogen and oxygen atoms in total. The van der Waals surface area contributed by atoms with Gasteiger partial charge in [0.15, 0.2) is 0 Å². The van der Waals surface area contributed by atoms with Crippen LogP contribution < -0.4 is 14.8 Å². The number of hydrogen-bond donors (Lipinski definition) is 1. The molecule has 148 valence electrons. The van der Waals surface area contributed by atoms with Crippen molar-refractivity contribution in [3.05, 3.63) is 48.2 Å². The van der Waals surface area contributed by atoms with Crippen LogP contribution in [-0.4, -0.2) is 42.6 Å². The SMILES string of the molecule is COc1ccccc1CN1CC[C@H]2CC(=O)Nc3cccnc3OCC[C@H]2C1. The molecule has 4 rings (SSSR count). The number of para-hydroxylation sites is 1. The number of anilines is 1. The maximum absolute atomic E-state index is 12.5. The van der Waals surface area contributed by atoms with Crippen LogP contribution in [0, 0.1) is 11.8 Å². The molecule has 0 bridgehead atoms. The van der Waals surface area contributed by atoms with Crippen molar-refractivity contribution < 1.29 is 14.3 Å². The van der Waals surface area contributed by atoms with E-state index in [1.54, 1.807) is 13.3 Å². The molecular weight excluding hydrogens is 354 g/mol. The number of rotatable bonds is 3. The highest BCUT2D eigenvalue weighted by atomic mass is 16.5. The first-order valence-corrected chi connectivity index (χ1v) is 9.95. The summed E-state index contributed by atoms with van der Waals surface area (Å²) in [7, 11) is 1.72. The van der Waals surface area contributed by atoms with Gasteiger partial charge < -0.3 is 14.8 Å². The third-order valence-electron chi connectivity index (χ3n) is 5.78.